The maximum Gasteiger partial charge on any atom is 0.253 e. The molecule has 128 valence electrons. The second-order valence-corrected chi connectivity index (χ2v) is 8.23. The van der Waals surface area contributed by atoms with Crippen molar-refractivity contribution in [1.29, 1.82) is 0 Å². The molecule has 24 heavy (non-hydrogen) atoms. The Morgan fingerprint density at radius 1 is 1.08 bits per heavy atom. The number of carbonyl (C=O) groups is 1. The second kappa shape index (κ2) is 7.53. The Morgan fingerprint density at radius 3 is 2.25 bits per heavy atom. The Morgan fingerprint density at radius 2 is 1.71 bits per heavy atom. The number of amides is 1. The van der Waals surface area contributed by atoms with Crippen LogP contribution in [0, 0.1) is 0 Å². The van der Waals surface area contributed by atoms with Crippen molar-refractivity contribution in [1.82, 2.24) is 9.62 Å². The SMILES string of the molecule is CN(C)S(=O)(=O)c1ccc(CNC(=O)c2ccc(Cl)cc2Cl)cc1. The first-order valence-corrected chi connectivity index (χ1v) is 9.16. The minimum Gasteiger partial charge on any atom is -0.348 e. The number of nitrogens with one attached hydrogen (secondary N) is 1. The Labute approximate surface area is 151 Å². The average Bonchev–Trinajstić information content (AvgIpc) is 2.53. The first-order valence-electron chi connectivity index (χ1n) is 6.96. The van der Waals surface area contributed by atoms with E-state index in [1.165, 1.54) is 32.3 Å². The van der Waals surface area contributed by atoms with E-state index in [1.54, 1.807) is 24.3 Å². The number of hydrogen-bond donors (Lipinski definition) is 1. The number of nitrogens with zero attached hydrogens (tertiary/aromatic N) is 1. The lowest BCUT2D eigenvalue weighted by atomic mass is 10.2. The van der Waals surface area contributed by atoms with Crippen LogP contribution in [0.5, 0.6) is 0 Å². The van der Waals surface area contributed by atoms with Crippen LogP contribution in [0.1, 0.15) is 15.9 Å². The Balaban J connectivity index is 2.06. The molecule has 0 saturated heterocycles. The van der Waals surface area contributed by atoms with Gasteiger partial charge in [-0.3, -0.25) is 4.79 Å². The third-order valence-corrected chi connectivity index (χ3v) is 5.71. The summed E-state index contributed by atoms with van der Waals surface area (Å²) in [5.41, 5.74) is 1.10. The van der Waals surface area contributed by atoms with Gasteiger partial charge in [-0.2, -0.15) is 0 Å². The highest BCUT2D eigenvalue weighted by Crippen LogP contribution is 2.21. The van der Waals surface area contributed by atoms with Crippen molar-refractivity contribution in [2.45, 2.75) is 11.4 Å². The smallest absolute Gasteiger partial charge is 0.253 e. The molecule has 0 bridgehead atoms. The second-order valence-electron chi connectivity index (χ2n) is 5.24. The van der Waals surface area contributed by atoms with Crippen LogP contribution < -0.4 is 5.32 Å². The molecular weight excluding hydrogens is 371 g/mol. The van der Waals surface area contributed by atoms with Gasteiger partial charge in [0.05, 0.1) is 15.5 Å². The highest BCUT2D eigenvalue weighted by atomic mass is 35.5. The summed E-state index contributed by atoms with van der Waals surface area (Å²) in [5.74, 6) is -0.332. The molecule has 0 atom stereocenters. The molecule has 0 aliphatic rings. The van der Waals surface area contributed by atoms with E-state index in [1.807, 2.05) is 0 Å². The molecule has 2 rings (SSSR count). The first kappa shape index (κ1) is 18.7. The van der Waals surface area contributed by atoms with E-state index in [-0.39, 0.29) is 22.4 Å². The molecule has 0 radical (unpaired) electrons. The summed E-state index contributed by atoms with van der Waals surface area (Å²) in [7, 11) is -0.518. The van der Waals surface area contributed by atoms with Crippen LogP contribution in [0.25, 0.3) is 0 Å². The zero-order valence-corrected chi connectivity index (χ0v) is 15.4. The maximum atomic E-state index is 12.1. The molecule has 5 nitrogen and oxygen atoms in total. The number of carbonyl (C=O) groups excluding carboxylic acids is 1. The highest BCUT2D eigenvalue weighted by Gasteiger charge is 2.16. The van der Waals surface area contributed by atoms with Gasteiger partial charge in [0.1, 0.15) is 0 Å². The van der Waals surface area contributed by atoms with E-state index in [4.69, 9.17) is 23.2 Å². The number of sulfonamides is 1. The maximum absolute atomic E-state index is 12.1. The predicted octanol–water partition coefficient (Wildman–Crippen LogP) is 3.17. The van der Waals surface area contributed by atoms with Gasteiger partial charge in [0.2, 0.25) is 10.0 Å². The molecule has 0 spiro atoms. The van der Waals surface area contributed by atoms with Crippen molar-refractivity contribution in [3.05, 3.63) is 63.6 Å². The van der Waals surface area contributed by atoms with E-state index in [0.717, 1.165) is 9.87 Å². The minimum absolute atomic E-state index is 0.198. The monoisotopic (exact) mass is 386 g/mol. The molecule has 0 aliphatic carbocycles. The van der Waals surface area contributed by atoms with Gasteiger partial charge in [-0.05, 0) is 35.9 Å². The molecule has 0 unspecified atom stereocenters. The van der Waals surface area contributed by atoms with Gasteiger partial charge in [0, 0.05) is 25.7 Å². The van der Waals surface area contributed by atoms with Crippen LogP contribution in [-0.4, -0.2) is 32.7 Å². The predicted molar refractivity (Wildman–Crippen MR) is 94.9 cm³/mol. The molecule has 2 aromatic carbocycles. The molecule has 0 saturated carbocycles. The number of hydrogen-bond acceptors (Lipinski definition) is 3. The van der Waals surface area contributed by atoms with Gasteiger partial charge >= 0.3 is 0 Å². The molecule has 1 amide bonds. The fourth-order valence-corrected chi connectivity index (χ4v) is 3.34. The fourth-order valence-electron chi connectivity index (χ4n) is 1.94. The molecule has 0 fully saturated rings. The number of halogens is 2. The normalized spacial score (nSPS) is 11.5. The van der Waals surface area contributed by atoms with Crippen molar-refractivity contribution >= 4 is 39.1 Å². The zero-order valence-electron chi connectivity index (χ0n) is 13.1. The largest absolute Gasteiger partial charge is 0.348 e. The van der Waals surface area contributed by atoms with Crippen molar-refractivity contribution in [2.75, 3.05) is 14.1 Å². The van der Waals surface area contributed by atoms with Crippen LogP contribution in [0.4, 0.5) is 0 Å². The van der Waals surface area contributed by atoms with Crippen LogP contribution in [-0.2, 0) is 16.6 Å². The molecule has 0 aromatic heterocycles. The van der Waals surface area contributed by atoms with Crippen LogP contribution in [0.3, 0.4) is 0 Å². The van der Waals surface area contributed by atoms with Gasteiger partial charge in [-0.15, -0.1) is 0 Å². The Bertz CT molecular complexity index is 850. The number of benzene rings is 2. The zero-order chi connectivity index (χ0) is 17.9. The van der Waals surface area contributed by atoms with E-state index >= 15 is 0 Å². The van der Waals surface area contributed by atoms with Crippen LogP contribution in [0.2, 0.25) is 10.0 Å². The highest BCUT2D eigenvalue weighted by molar-refractivity contribution is 7.89. The van der Waals surface area contributed by atoms with Crippen molar-refractivity contribution in [3.63, 3.8) is 0 Å². The summed E-state index contributed by atoms with van der Waals surface area (Å²) in [4.78, 5) is 12.3. The van der Waals surface area contributed by atoms with Crippen molar-refractivity contribution in [3.8, 4) is 0 Å². The van der Waals surface area contributed by atoms with Crippen LogP contribution >= 0.6 is 23.2 Å². The topological polar surface area (TPSA) is 66.5 Å². The van der Waals surface area contributed by atoms with E-state index in [2.05, 4.69) is 5.32 Å². The van der Waals surface area contributed by atoms with E-state index < -0.39 is 10.0 Å². The molecule has 2 aromatic rings. The molecule has 0 heterocycles. The summed E-state index contributed by atoms with van der Waals surface area (Å²) in [6.07, 6.45) is 0. The van der Waals surface area contributed by atoms with Gasteiger partial charge in [-0.25, -0.2) is 12.7 Å². The summed E-state index contributed by atoms with van der Waals surface area (Å²) in [6, 6.07) is 11.0. The van der Waals surface area contributed by atoms with Gasteiger partial charge < -0.3 is 5.32 Å². The summed E-state index contributed by atoms with van der Waals surface area (Å²) >= 11 is 11.8. The van der Waals surface area contributed by atoms with E-state index in [9.17, 15) is 13.2 Å². The van der Waals surface area contributed by atoms with Crippen molar-refractivity contribution < 1.29 is 13.2 Å². The summed E-state index contributed by atoms with van der Waals surface area (Å²) in [6.45, 7) is 0.250. The minimum atomic E-state index is -3.46. The molecule has 8 heteroatoms. The Hall–Kier alpha value is -1.60. The molecule has 0 aliphatic heterocycles. The lowest BCUT2D eigenvalue weighted by molar-refractivity contribution is 0.0951. The number of rotatable bonds is 5. The van der Waals surface area contributed by atoms with Crippen LogP contribution in [0.15, 0.2) is 47.4 Å². The average molecular weight is 387 g/mol. The molecule has 1 N–H and O–H groups in total. The fraction of sp³-hybridized carbons (Fsp3) is 0.188. The lowest BCUT2D eigenvalue weighted by Gasteiger charge is -2.12. The van der Waals surface area contributed by atoms with E-state index in [0.29, 0.717) is 10.6 Å². The quantitative estimate of drug-likeness (QED) is 0.857. The summed E-state index contributed by atoms with van der Waals surface area (Å²) in [5, 5.41) is 3.45. The standard InChI is InChI=1S/C16H16Cl2N2O3S/c1-20(2)24(22,23)13-6-3-11(4-7-13)10-19-16(21)14-8-5-12(17)9-15(14)18/h3-9H,10H2,1-2H3,(H,19,21). The lowest BCUT2D eigenvalue weighted by Crippen LogP contribution is -2.23. The molecular formula is C16H16Cl2N2O3S. The third-order valence-electron chi connectivity index (χ3n) is 3.33. The van der Waals surface area contributed by atoms with Gasteiger partial charge in [0.25, 0.3) is 5.91 Å². The van der Waals surface area contributed by atoms with Gasteiger partial charge in [-0.1, -0.05) is 35.3 Å². The summed E-state index contributed by atoms with van der Waals surface area (Å²) < 4.78 is 25.1. The third kappa shape index (κ3) is 4.27. The Kier molecular flexibility index (Phi) is 5.87. The first-order chi connectivity index (χ1) is 11.2. The van der Waals surface area contributed by atoms with Crippen molar-refractivity contribution in [2.24, 2.45) is 0 Å². The van der Waals surface area contributed by atoms with Gasteiger partial charge in [0.15, 0.2) is 0 Å².